The van der Waals surface area contributed by atoms with Crippen LogP contribution in [0.3, 0.4) is 0 Å². The van der Waals surface area contributed by atoms with E-state index >= 15 is 0 Å². The summed E-state index contributed by atoms with van der Waals surface area (Å²) >= 11 is 5.87. The third-order valence-electron chi connectivity index (χ3n) is 6.89. The van der Waals surface area contributed by atoms with E-state index in [4.69, 9.17) is 17.0 Å². The van der Waals surface area contributed by atoms with Crippen LogP contribution in [0.1, 0.15) is 44.2 Å². The van der Waals surface area contributed by atoms with Gasteiger partial charge in [0.25, 0.3) is 5.69 Å². The van der Waals surface area contributed by atoms with Gasteiger partial charge >= 0.3 is 0 Å². The number of carbonyl (C=O) groups excluding carboxylic acids is 1. The molecule has 0 bridgehead atoms. The summed E-state index contributed by atoms with van der Waals surface area (Å²) < 4.78 is 7.60. The summed E-state index contributed by atoms with van der Waals surface area (Å²) in [6.45, 7) is 5.53. The molecule has 2 aromatic carbocycles. The molecule has 210 valence electrons. The van der Waals surface area contributed by atoms with E-state index in [9.17, 15) is 14.9 Å². The summed E-state index contributed by atoms with van der Waals surface area (Å²) in [6, 6.07) is 20.9. The minimum atomic E-state index is -0.580. The molecular formula is C30H30N6O4S. The second kappa shape index (κ2) is 11.0. The second-order valence-corrected chi connectivity index (χ2v) is 11.1. The van der Waals surface area contributed by atoms with Crippen LogP contribution in [0.2, 0.25) is 0 Å². The van der Waals surface area contributed by atoms with E-state index in [-0.39, 0.29) is 23.7 Å². The monoisotopic (exact) mass is 570 g/mol. The molecule has 1 amide bonds. The summed E-state index contributed by atoms with van der Waals surface area (Å²) in [5.74, 6) is 0.349. The van der Waals surface area contributed by atoms with Gasteiger partial charge in [-0.3, -0.25) is 19.9 Å². The van der Waals surface area contributed by atoms with Crippen molar-refractivity contribution >= 4 is 40.3 Å². The standard InChI is InChI=1S/C30H30N6O4S/c1-30(2,3)28(37)32-22-14-13-20(18-25(22)40-4)35-27(26(33-29(35)41)23-11-5-6-15-31-23)24-12-8-16-34(24)19-9-7-10-21(17-19)36(38)39/h5-18,26-27H,1-4H3,(H,32,37)(H,33,41)/t26-,27+/m1/s1. The highest BCUT2D eigenvalue weighted by Gasteiger charge is 2.42. The van der Waals surface area contributed by atoms with Crippen LogP contribution in [0.4, 0.5) is 17.1 Å². The molecule has 1 aliphatic rings. The molecule has 10 nitrogen and oxygen atoms in total. The van der Waals surface area contributed by atoms with Crippen molar-refractivity contribution in [3.05, 3.63) is 107 Å². The Hall–Kier alpha value is -4.77. The first-order valence-electron chi connectivity index (χ1n) is 13.0. The van der Waals surface area contributed by atoms with Crippen molar-refractivity contribution in [3.63, 3.8) is 0 Å². The zero-order chi connectivity index (χ0) is 29.3. The van der Waals surface area contributed by atoms with Crippen LogP contribution in [0.5, 0.6) is 5.75 Å². The average molecular weight is 571 g/mol. The number of aromatic nitrogens is 2. The number of benzene rings is 2. The molecule has 2 aromatic heterocycles. The number of hydrogen-bond acceptors (Lipinski definition) is 6. The van der Waals surface area contributed by atoms with Crippen LogP contribution < -0.4 is 20.3 Å². The summed E-state index contributed by atoms with van der Waals surface area (Å²) in [7, 11) is 1.55. The third kappa shape index (κ3) is 5.48. The van der Waals surface area contributed by atoms with Crippen LogP contribution in [0.25, 0.3) is 5.69 Å². The van der Waals surface area contributed by atoms with Gasteiger partial charge in [-0.2, -0.15) is 0 Å². The van der Waals surface area contributed by atoms with Gasteiger partial charge in [-0.1, -0.05) is 32.9 Å². The fraction of sp³-hybridized carbons (Fsp3) is 0.233. The maximum Gasteiger partial charge on any atom is 0.271 e. The Bertz CT molecular complexity index is 1610. The quantitative estimate of drug-likeness (QED) is 0.159. The van der Waals surface area contributed by atoms with E-state index in [0.717, 1.165) is 17.1 Å². The molecule has 1 aliphatic heterocycles. The molecular weight excluding hydrogens is 540 g/mol. The number of thiocarbonyl (C=S) groups is 1. The summed E-state index contributed by atoms with van der Waals surface area (Å²) in [4.78, 5) is 30.4. The first-order chi connectivity index (χ1) is 19.6. The fourth-order valence-electron chi connectivity index (χ4n) is 4.80. The molecule has 3 heterocycles. The fourth-order valence-corrected chi connectivity index (χ4v) is 5.15. The number of nitro benzene ring substituents is 1. The van der Waals surface area contributed by atoms with Gasteiger partial charge in [0.1, 0.15) is 11.8 Å². The van der Waals surface area contributed by atoms with Crippen LogP contribution in [0, 0.1) is 15.5 Å². The molecule has 0 saturated carbocycles. The van der Waals surface area contributed by atoms with Crippen LogP contribution in [0.15, 0.2) is 85.2 Å². The molecule has 41 heavy (non-hydrogen) atoms. The second-order valence-electron chi connectivity index (χ2n) is 10.7. The largest absolute Gasteiger partial charge is 0.494 e. The van der Waals surface area contributed by atoms with E-state index in [1.165, 1.54) is 6.07 Å². The zero-order valence-electron chi connectivity index (χ0n) is 23.1. The summed E-state index contributed by atoms with van der Waals surface area (Å²) in [5, 5.41) is 18.4. The first kappa shape index (κ1) is 27.8. The first-order valence-corrected chi connectivity index (χ1v) is 13.4. The van der Waals surface area contributed by atoms with Gasteiger partial charge in [0, 0.05) is 47.4 Å². The number of hydrogen-bond donors (Lipinski definition) is 2. The van der Waals surface area contributed by atoms with E-state index in [1.807, 2.05) is 85.0 Å². The number of pyridine rings is 1. The van der Waals surface area contributed by atoms with Gasteiger partial charge in [-0.05, 0) is 54.7 Å². The zero-order valence-corrected chi connectivity index (χ0v) is 23.9. The Balaban J connectivity index is 1.62. The molecule has 4 aromatic rings. The number of anilines is 2. The van der Waals surface area contributed by atoms with Crippen molar-refractivity contribution in [1.29, 1.82) is 0 Å². The predicted octanol–water partition coefficient (Wildman–Crippen LogP) is 5.95. The van der Waals surface area contributed by atoms with E-state index < -0.39 is 10.3 Å². The van der Waals surface area contributed by atoms with Gasteiger partial charge in [-0.15, -0.1) is 0 Å². The lowest BCUT2D eigenvalue weighted by molar-refractivity contribution is -0.384. The Morgan fingerprint density at radius 3 is 2.56 bits per heavy atom. The van der Waals surface area contributed by atoms with Crippen molar-refractivity contribution in [2.75, 3.05) is 17.3 Å². The van der Waals surface area contributed by atoms with Gasteiger partial charge in [0.2, 0.25) is 5.91 Å². The number of methoxy groups -OCH3 is 1. The maximum absolute atomic E-state index is 12.7. The third-order valence-corrected chi connectivity index (χ3v) is 7.21. The normalized spacial score (nSPS) is 16.8. The van der Waals surface area contributed by atoms with Crippen LogP contribution >= 0.6 is 12.2 Å². The molecule has 1 fully saturated rings. The van der Waals surface area contributed by atoms with Crippen molar-refractivity contribution in [1.82, 2.24) is 14.9 Å². The molecule has 11 heteroatoms. The van der Waals surface area contributed by atoms with Gasteiger partial charge < -0.3 is 24.8 Å². The predicted molar refractivity (Wildman–Crippen MR) is 161 cm³/mol. The smallest absolute Gasteiger partial charge is 0.271 e. The van der Waals surface area contributed by atoms with Crippen molar-refractivity contribution < 1.29 is 14.5 Å². The molecule has 1 saturated heterocycles. The van der Waals surface area contributed by atoms with Gasteiger partial charge in [0.15, 0.2) is 5.11 Å². The number of rotatable bonds is 7. The van der Waals surface area contributed by atoms with Gasteiger partial charge in [-0.25, -0.2) is 0 Å². The number of amides is 1. The Morgan fingerprint density at radius 1 is 1.07 bits per heavy atom. The van der Waals surface area contributed by atoms with E-state index in [0.29, 0.717) is 22.2 Å². The molecule has 0 spiro atoms. The minimum absolute atomic E-state index is 0.00187. The van der Waals surface area contributed by atoms with Crippen molar-refractivity contribution in [2.45, 2.75) is 32.9 Å². The Morgan fingerprint density at radius 2 is 1.88 bits per heavy atom. The minimum Gasteiger partial charge on any atom is -0.494 e. The molecule has 2 N–H and O–H groups in total. The number of non-ortho nitro benzene ring substituents is 1. The number of nitrogens with zero attached hydrogens (tertiary/aromatic N) is 4. The van der Waals surface area contributed by atoms with Crippen molar-refractivity contribution in [3.8, 4) is 11.4 Å². The molecule has 5 rings (SSSR count). The molecule has 0 unspecified atom stereocenters. The SMILES string of the molecule is COc1cc(N2C(=S)N[C@H](c3ccccn3)[C@@H]2c2cccn2-c2cccc([N+](=O)[O-])c2)ccc1NC(=O)C(C)(C)C. The lowest BCUT2D eigenvalue weighted by atomic mass is 9.95. The van der Waals surface area contributed by atoms with Crippen molar-refractivity contribution in [2.24, 2.45) is 5.41 Å². The Labute approximate surface area is 243 Å². The van der Waals surface area contributed by atoms with E-state index in [2.05, 4.69) is 15.6 Å². The topological polar surface area (TPSA) is 115 Å². The van der Waals surface area contributed by atoms with Gasteiger partial charge in [0.05, 0.1) is 35.1 Å². The van der Waals surface area contributed by atoms with Crippen LogP contribution in [-0.2, 0) is 4.79 Å². The number of nitro groups is 1. The number of carbonyl (C=O) groups is 1. The lowest BCUT2D eigenvalue weighted by Crippen LogP contribution is -2.30. The average Bonchev–Trinajstić information content (AvgIpc) is 3.57. The highest BCUT2D eigenvalue weighted by molar-refractivity contribution is 7.80. The highest BCUT2D eigenvalue weighted by Crippen LogP contribution is 2.44. The molecule has 2 atom stereocenters. The summed E-state index contributed by atoms with van der Waals surface area (Å²) in [6.07, 6.45) is 3.60. The molecule has 0 radical (unpaired) electrons. The lowest BCUT2D eigenvalue weighted by Gasteiger charge is -2.29. The Kier molecular flexibility index (Phi) is 7.46. The van der Waals surface area contributed by atoms with Crippen LogP contribution in [-0.4, -0.2) is 32.6 Å². The van der Waals surface area contributed by atoms with E-state index in [1.54, 1.807) is 31.5 Å². The maximum atomic E-state index is 12.7. The summed E-state index contributed by atoms with van der Waals surface area (Å²) in [5.41, 5.74) is 2.99. The highest BCUT2D eigenvalue weighted by atomic mass is 32.1. The number of ether oxygens (including phenoxy) is 1. The molecule has 0 aliphatic carbocycles. The number of nitrogens with one attached hydrogen (secondary N) is 2.